The van der Waals surface area contributed by atoms with E-state index in [1.807, 2.05) is 6.92 Å². The molecule has 2 rings (SSSR count). The van der Waals surface area contributed by atoms with Gasteiger partial charge in [0.05, 0.1) is 24.7 Å². The molecule has 1 fully saturated rings. The van der Waals surface area contributed by atoms with Crippen molar-refractivity contribution < 1.29 is 19.4 Å². The highest BCUT2D eigenvalue weighted by Crippen LogP contribution is 2.21. The number of amides is 1. The summed E-state index contributed by atoms with van der Waals surface area (Å²) in [5.41, 5.74) is 0.399. The highest BCUT2D eigenvalue weighted by atomic mass is 35.5. The summed E-state index contributed by atoms with van der Waals surface area (Å²) >= 11 is 5.86. The Hall–Kier alpha value is -1.63. The van der Waals surface area contributed by atoms with Crippen LogP contribution in [0.5, 0.6) is 0 Å². The summed E-state index contributed by atoms with van der Waals surface area (Å²) in [6.07, 6.45) is 0. The van der Waals surface area contributed by atoms with E-state index in [0.29, 0.717) is 18.9 Å². The van der Waals surface area contributed by atoms with Crippen molar-refractivity contribution in [2.75, 3.05) is 25.1 Å². The molecule has 1 aliphatic rings. The monoisotopic (exact) mass is 312 g/mol. The van der Waals surface area contributed by atoms with Gasteiger partial charge in [-0.15, -0.1) is 0 Å². The van der Waals surface area contributed by atoms with Gasteiger partial charge in [0.25, 0.3) is 0 Å². The summed E-state index contributed by atoms with van der Waals surface area (Å²) in [5, 5.41) is 15.1. The number of carbonyl (C=O) groups excluding carboxylic acids is 1. The van der Waals surface area contributed by atoms with E-state index < -0.39 is 5.97 Å². The molecule has 0 bridgehead atoms. The summed E-state index contributed by atoms with van der Waals surface area (Å²) in [6, 6.07) is 4.20. The van der Waals surface area contributed by atoms with Crippen molar-refractivity contribution >= 4 is 29.2 Å². The standard InChI is InChI=1S/C14H17ClN2O4/c1-2-16-12-7-21-6-11(12)13(18)17-10-4-8(14(19)20)3-9(15)5-10/h3-5,11-12,16H,2,6-7H2,1H3,(H,17,18)(H,19,20). The van der Waals surface area contributed by atoms with E-state index in [1.165, 1.54) is 18.2 Å². The first-order valence-corrected chi connectivity index (χ1v) is 7.05. The molecule has 1 aromatic rings. The van der Waals surface area contributed by atoms with Crippen LogP contribution in [0.25, 0.3) is 0 Å². The molecule has 6 nitrogen and oxygen atoms in total. The molecule has 21 heavy (non-hydrogen) atoms. The molecule has 0 saturated carbocycles. The minimum absolute atomic E-state index is 0.0312. The Morgan fingerprint density at radius 1 is 1.38 bits per heavy atom. The summed E-state index contributed by atoms with van der Waals surface area (Å²) in [6.45, 7) is 3.54. The number of hydrogen-bond acceptors (Lipinski definition) is 4. The van der Waals surface area contributed by atoms with E-state index in [-0.39, 0.29) is 28.5 Å². The highest BCUT2D eigenvalue weighted by Gasteiger charge is 2.33. The first-order chi connectivity index (χ1) is 10.0. The minimum Gasteiger partial charge on any atom is -0.478 e. The van der Waals surface area contributed by atoms with Gasteiger partial charge in [-0.05, 0) is 24.7 Å². The number of benzene rings is 1. The second-order valence-electron chi connectivity index (χ2n) is 4.83. The number of rotatable bonds is 5. The molecule has 1 heterocycles. The van der Waals surface area contributed by atoms with Gasteiger partial charge < -0.3 is 20.5 Å². The average Bonchev–Trinajstić information content (AvgIpc) is 2.86. The number of likely N-dealkylation sites (N-methyl/N-ethyl adjacent to an activating group) is 1. The average molecular weight is 313 g/mol. The van der Waals surface area contributed by atoms with Crippen LogP contribution in [-0.2, 0) is 9.53 Å². The lowest BCUT2D eigenvalue weighted by Crippen LogP contribution is -2.41. The van der Waals surface area contributed by atoms with Crippen LogP contribution in [-0.4, -0.2) is 42.8 Å². The van der Waals surface area contributed by atoms with Crippen LogP contribution in [0.4, 0.5) is 5.69 Å². The van der Waals surface area contributed by atoms with Crippen LogP contribution >= 0.6 is 11.6 Å². The van der Waals surface area contributed by atoms with Crippen molar-refractivity contribution in [3.05, 3.63) is 28.8 Å². The molecule has 1 amide bonds. The molecule has 114 valence electrons. The van der Waals surface area contributed by atoms with Gasteiger partial charge in [-0.1, -0.05) is 18.5 Å². The molecule has 1 aliphatic heterocycles. The molecular formula is C14H17ClN2O4. The maximum absolute atomic E-state index is 12.3. The topological polar surface area (TPSA) is 87.7 Å². The second kappa shape index (κ2) is 6.89. The SMILES string of the molecule is CCNC1COCC1C(=O)Nc1cc(Cl)cc(C(=O)O)c1. The van der Waals surface area contributed by atoms with Gasteiger partial charge in [0.1, 0.15) is 0 Å². The maximum Gasteiger partial charge on any atom is 0.335 e. The molecule has 2 atom stereocenters. The van der Waals surface area contributed by atoms with Gasteiger partial charge in [0, 0.05) is 16.8 Å². The number of aromatic carboxylic acids is 1. The Morgan fingerprint density at radius 3 is 2.81 bits per heavy atom. The molecule has 0 spiro atoms. The molecule has 0 aliphatic carbocycles. The molecule has 7 heteroatoms. The number of carboxylic acid groups (broad SMARTS) is 1. The second-order valence-corrected chi connectivity index (χ2v) is 5.27. The van der Waals surface area contributed by atoms with Crippen LogP contribution in [0.1, 0.15) is 17.3 Å². The maximum atomic E-state index is 12.3. The van der Waals surface area contributed by atoms with Crippen molar-refractivity contribution in [3.63, 3.8) is 0 Å². The lowest BCUT2D eigenvalue weighted by atomic mass is 10.0. The zero-order valence-corrected chi connectivity index (χ0v) is 12.3. The predicted molar refractivity (Wildman–Crippen MR) is 78.8 cm³/mol. The lowest BCUT2D eigenvalue weighted by Gasteiger charge is -2.18. The normalized spacial score (nSPS) is 21.2. The molecule has 2 unspecified atom stereocenters. The Labute approximate surface area is 127 Å². The fourth-order valence-electron chi connectivity index (χ4n) is 2.30. The summed E-state index contributed by atoms with van der Waals surface area (Å²) in [4.78, 5) is 23.3. The number of halogens is 1. The van der Waals surface area contributed by atoms with Gasteiger partial charge in [-0.3, -0.25) is 4.79 Å². The zero-order valence-electron chi connectivity index (χ0n) is 11.6. The van der Waals surface area contributed by atoms with Crippen LogP contribution in [0.3, 0.4) is 0 Å². The molecule has 3 N–H and O–H groups in total. The van der Waals surface area contributed by atoms with E-state index >= 15 is 0 Å². The van der Waals surface area contributed by atoms with Gasteiger partial charge in [0.15, 0.2) is 0 Å². The third kappa shape index (κ3) is 3.93. The Morgan fingerprint density at radius 2 is 2.14 bits per heavy atom. The quantitative estimate of drug-likeness (QED) is 0.768. The minimum atomic E-state index is -1.09. The van der Waals surface area contributed by atoms with Crippen molar-refractivity contribution in [2.45, 2.75) is 13.0 Å². The van der Waals surface area contributed by atoms with Crippen LogP contribution < -0.4 is 10.6 Å². The Balaban J connectivity index is 2.10. The third-order valence-corrected chi connectivity index (χ3v) is 3.51. The number of hydrogen-bond donors (Lipinski definition) is 3. The van der Waals surface area contributed by atoms with Gasteiger partial charge in [-0.2, -0.15) is 0 Å². The van der Waals surface area contributed by atoms with E-state index in [0.717, 1.165) is 6.54 Å². The number of nitrogens with one attached hydrogen (secondary N) is 2. The van der Waals surface area contributed by atoms with Gasteiger partial charge >= 0.3 is 5.97 Å². The van der Waals surface area contributed by atoms with Crippen LogP contribution in [0, 0.1) is 5.92 Å². The molecular weight excluding hydrogens is 296 g/mol. The third-order valence-electron chi connectivity index (χ3n) is 3.30. The first-order valence-electron chi connectivity index (χ1n) is 6.67. The number of anilines is 1. The largest absolute Gasteiger partial charge is 0.478 e. The van der Waals surface area contributed by atoms with Gasteiger partial charge in [-0.25, -0.2) is 4.79 Å². The van der Waals surface area contributed by atoms with Gasteiger partial charge in [0.2, 0.25) is 5.91 Å². The molecule has 0 aromatic heterocycles. The smallest absolute Gasteiger partial charge is 0.335 e. The highest BCUT2D eigenvalue weighted by molar-refractivity contribution is 6.31. The summed E-state index contributed by atoms with van der Waals surface area (Å²) in [7, 11) is 0. The Bertz CT molecular complexity index is 550. The van der Waals surface area contributed by atoms with E-state index in [4.69, 9.17) is 21.4 Å². The van der Waals surface area contributed by atoms with Crippen LogP contribution in [0.15, 0.2) is 18.2 Å². The van der Waals surface area contributed by atoms with Crippen molar-refractivity contribution in [2.24, 2.45) is 5.92 Å². The van der Waals surface area contributed by atoms with Crippen molar-refractivity contribution in [1.29, 1.82) is 0 Å². The van der Waals surface area contributed by atoms with Crippen LogP contribution in [0.2, 0.25) is 5.02 Å². The fourth-order valence-corrected chi connectivity index (χ4v) is 2.53. The molecule has 0 radical (unpaired) electrons. The number of carbonyl (C=O) groups is 2. The number of carboxylic acids is 1. The molecule has 1 aromatic carbocycles. The Kier molecular flexibility index (Phi) is 5.17. The lowest BCUT2D eigenvalue weighted by molar-refractivity contribution is -0.120. The first kappa shape index (κ1) is 15.8. The van der Waals surface area contributed by atoms with Crippen molar-refractivity contribution in [1.82, 2.24) is 5.32 Å². The van der Waals surface area contributed by atoms with E-state index in [2.05, 4.69) is 10.6 Å². The van der Waals surface area contributed by atoms with Crippen molar-refractivity contribution in [3.8, 4) is 0 Å². The van der Waals surface area contributed by atoms with E-state index in [9.17, 15) is 9.59 Å². The predicted octanol–water partition coefficient (Wildman–Crippen LogP) is 1.60. The molecule has 1 saturated heterocycles. The fraction of sp³-hybridized carbons (Fsp3) is 0.429. The number of ether oxygens (including phenoxy) is 1. The summed E-state index contributed by atoms with van der Waals surface area (Å²) in [5.74, 6) is -1.61. The van der Waals surface area contributed by atoms with E-state index in [1.54, 1.807) is 0 Å². The summed E-state index contributed by atoms with van der Waals surface area (Å²) < 4.78 is 5.32. The zero-order chi connectivity index (χ0) is 15.4.